The van der Waals surface area contributed by atoms with Gasteiger partial charge in [0.05, 0.1) is 0 Å². The van der Waals surface area contributed by atoms with Gasteiger partial charge in [0, 0.05) is 18.3 Å². The molecule has 1 aromatic rings. The maximum atomic E-state index is 10.8. The summed E-state index contributed by atoms with van der Waals surface area (Å²) in [5, 5.41) is 8.85. The van der Waals surface area contributed by atoms with E-state index in [0.717, 1.165) is 6.42 Å². The lowest BCUT2D eigenvalue weighted by Gasteiger charge is -2.18. The largest absolute Gasteiger partial charge is 0.480 e. The van der Waals surface area contributed by atoms with Gasteiger partial charge in [0.1, 0.15) is 11.9 Å². The molecule has 0 aromatic carbocycles. The fraction of sp³-hybridized carbons (Fsp3) is 0.556. The Morgan fingerprint density at radius 2 is 2.40 bits per heavy atom. The molecule has 1 rings (SSSR count). The normalized spacial score (nSPS) is 14.8. The van der Waals surface area contributed by atoms with Crippen LogP contribution < -0.4 is 11.5 Å². The number of carboxylic acid groups (broad SMARTS) is 1. The first-order valence-corrected chi connectivity index (χ1v) is 4.84. The third-order valence-electron chi connectivity index (χ3n) is 2.31. The summed E-state index contributed by atoms with van der Waals surface area (Å²) >= 11 is 0. The molecule has 1 unspecified atom stereocenters. The second-order valence-electron chi connectivity index (χ2n) is 3.38. The Labute approximate surface area is 87.7 Å². The van der Waals surface area contributed by atoms with E-state index in [4.69, 9.17) is 16.6 Å². The minimum atomic E-state index is -1.02. The molecule has 0 aliphatic rings. The number of carboxylic acids is 1. The van der Waals surface area contributed by atoms with Crippen molar-refractivity contribution in [1.29, 1.82) is 0 Å². The molecule has 6 nitrogen and oxygen atoms in total. The van der Waals surface area contributed by atoms with Crippen molar-refractivity contribution in [3.05, 3.63) is 18.2 Å². The summed E-state index contributed by atoms with van der Waals surface area (Å²) in [5.41, 5.74) is 11.0. The van der Waals surface area contributed by atoms with E-state index in [1.165, 1.54) is 0 Å². The van der Waals surface area contributed by atoms with Gasteiger partial charge in [-0.15, -0.1) is 0 Å². The maximum Gasteiger partial charge on any atom is 0.321 e. The smallest absolute Gasteiger partial charge is 0.321 e. The highest BCUT2D eigenvalue weighted by Crippen LogP contribution is 2.20. The van der Waals surface area contributed by atoms with Crippen molar-refractivity contribution in [2.45, 2.75) is 24.8 Å². The van der Waals surface area contributed by atoms with Crippen LogP contribution in [0.5, 0.6) is 0 Å². The van der Waals surface area contributed by atoms with Crippen LogP contribution in [-0.4, -0.2) is 33.6 Å². The molecule has 1 heterocycles. The molecule has 6 heteroatoms. The van der Waals surface area contributed by atoms with Crippen LogP contribution in [0.1, 0.15) is 24.6 Å². The number of carbonyl (C=O) groups is 1. The van der Waals surface area contributed by atoms with Crippen molar-refractivity contribution in [3.8, 4) is 0 Å². The molecular weight excluding hydrogens is 196 g/mol. The number of imidazole rings is 1. The van der Waals surface area contributed by atoms with Crippen LogP contribution in [0, 0.1) is 0 Å². The molecule has 1 aromatic heterocycles. The van der Waals surface area contributed by atoms with Crippen molar-refractivity contribution in [2.75, 3.05) is 6.54 Å². The maximum absolute atomic E-state index is 10.8. The summed E-state index contributed by atoms with van der Waals surface area (Å²) in [7, 11) is 0. The predicted octanol–water partition coefficient (Wildman–Crippen LogP) is -0.356. The summed E-state index contributed by atoms with van der Waals surface area (Å²) in [4.78, 5) is 17.7. The van der Waals surface area contributed by atoms with Crippen molar-refractivity contribution >= 4 is 5.97 Å². The Bertz CT molecular complexity index is 299. The lowest BCUT2D eigenvalue weighted by Crippen LogP contribution is -2.37. The topological polar surface area (TPSA) is 118 Å². The molecule has 0 spiro atoms. The summed E-state index contributed by atoms with van der Waals surface area (Å²) in [6.07, 6.45) is 4.59. The molecule has 0 aliphatic heterocycles. The van der Waals surface area contributed by atoms with Crippen molar-refractivity contribution in [3.63, 3.8) is 0 Å². The molecule has 0 radical (unpaired) electrons. The second-order valence-corrected chi connectivity index (χ2v) is 3.38. The van der Waals surface area contributed by atoms with Gasteiger partial charge in [0.25, 0.3) is 0 Å². The number of nitrogens with two attached hydrogens (primary N) is 2. The molecule has 6 N–H and O–H groups in total. The number of hydrogen-bond donors (Lipinski definition) is 4. The highest BCUT2D eigenvalue weighted by Gasteiger charge is 2.26. The van der Waals surface area contributed by atoms with Crippen LogP contribution in [0.4, 0.5) is 0 Å². The highest BCUT2D eigenvalue weighted by atomic mass is 16.4. The zero-order chi connectivity index (χ0) is 11.3. The molecule has 0 saturated heterocycles. The number of H-pyrrole nitrogens is 1. The summed E-state index contributed by atoms with van der Waals surface area (Å²) < 4.78 is 0. The monoisotopic (exact) mass is 212 g/mol. The lowest BCUT2D eigenvalue weighted by molar-refractivity contribution is -0.139. The Hall–Kier alpha value is -1.40. The highest BCUT2D eigenvalue weighted by molar-refractivity contribution is 5.74. The van der Waals surface area contributed by atoms with E-state index in [1.807, 2.05) is 0 Å². The number of aromatic nitrogens is 2. The Balaban J connectivity index is 2.73. The van der Waals surface area contributed by atoms with Gasteiger partial charge in [0.2, 0.25) is 0 Å². The van der Waals surface area contributed by atoms with Crippen molar-refractivity contribution < 1.29 is 9.90 Å². The number of nitrogens with zero attached hydrogens (tertiary/aromatic N) is 1. The van der Waals surface area contributed by atoms with E-state index in [2.05, 4.69) is 9.97 Å². The molecule has 0 fully saturated rings. The molecule has 84 valence electrons. The van der Waals surface area contributed by atoms with Crippen molar-refractivity contribution in [2.24, 2.45) is 11.5 Å². The summed E-state index contributed by atoms with van der Waals surface area (Å²) in [5.74, 6) is -0.715. The average Bonchev–Trinajstić information content (AvgIpc) is 2.71. The lowest BCUT2D eigenvalue weighted by atomic mass is 9.94. The first-order chi connectivity index (χ1) is 7.16. The zero-order valence-corrected chi connectivity index (χ0v) is 8.39. The SMILES string of the molecule is NCCCC(c1ncc[nH]1)[C@H](N)C(=O)O. The van der Waals surface area contributed by atoms with Gasteiger partial charge in [-0.1, -0.05) is 0 Å². The quantitative estimate of drug-likeness (QED) is 0.513. The minimum absolute atomic E-state index is 0.305. The van der Waals surface area contributed by atoms with Crippen LogP contribution in [0.15, 0.2) is 12.4 Å². The van der Waals surface area contributed by atoms with E-state index in [-0.39, 0.29) is 5.92 Å². The number of hydrogen-bond acceptors (Lipinski definition) is 4. The third kappa shape index (κ3) is 3.03. The van der Waals surface area contributed by atoms with E-state index < -0.39 is 12.0 Å². The molecule has 2 atom stereocenters. The van der Waals surface area contributed by atoms with Crippen LogP contribution in [-0.2, 0) is 4.79 Å². The second kappa shape index (κ2) is 5.47. The molecule has 0 amide bonds. The number of aromatic amines is 1. The number of nitrogens with one attached hydrogen (secondary N) is 1. The number of aliphatic carboxylic acids is 1. The van der Waals surface area contributed by atoms with Crippen LogP contribution in [0.25, 0.3) is 0 Å². The van der Waals surface area contributed by atoms with Crippen LogP contribution in [0.2, 0.25) is 0 Å². The molecule has 0 bridgehead atoms. The van der Waals surface area contributed by atoms with Crippen LogP contribution >= 0.6 is 0 Å². The Morgan fingerprint density at radius 3 is 2.87 bits per heavy atom. The first-order valence-electron chi connectivity index (χ1n) is 4.84. The van der Waals surface area contributed by atoms with E-state index in [9.17, 15) is 4.79 Å². The zero-order valence-electron chi connectivity index (χ0n) is 8.39. The van der Waals surface area contributed by atoms with Gasteiger partial charge in [-0.25, -0.2) is 4.98 Å². The van der Waals surface area contributed by atoms with Crippen molar-refractivity contribution in [1.82, 2.24) is 9.97 Å². The summed E-state index contributed by atoms with van der Waals surface area (Å²) in [6.45, 7) is 0.517. The Morgan fingerprint density at radius 1 is 1.67 bits per heavy atom. The van der Waals surface area contributed by atoms with Gasteiger partial charge in [0.15, 0.2) is 0 Å². The predicted molar refractivity (Wildman–Crippen MR) is 55.2 cm³/mol. The first kappa shape index (κ1) is 11.7. The van der Waals surface area contributed by atoms with E-state index in [0.29, 0.717) is 18.8 Å². The van der Waals surface area contributed by atoms with Gasteiger partial charge >= 0.3 is 5.97 Å². The Kier molecular flexibility index (Phi) is 4.26. The molecule has 15 heavy (non-hydrogen) atoms. The number of rotatable bonds is 6. The molecule has 0 aliphatic carbocycles. The van der Waals surface area contributed by atoms with Crippen LogP contribution in [0.3, 0.4) is 0 Å². The fourth-order valence-corrected chi connectivity index (χ4v) is 1.48. The third-order valence-corrected chi connectivity index (χ3v) is 2.31. The van der Waals surface area contributed by atoms with Gasteiger partial charge < -0.3 is 21.6 Å². The fourth-order valence-electron chi connectivity index (χ4n) is 1.48. The van der Waals surface area contributed by atoms with E-state index in [1.54, 1.807) is 12.4 Å². The van der Waals surface area contributed by atoms with E-state index >= 15 is 0 Å². The summed E-state index contributed by atoms with van der Waals surface area (Å²) in [6, 6.07) is -0.942. The molecule has 0 saturated carbocycles. The van der Waals surface area contributed by atoms with Gasteiger partial charge in [-0.2, -0.15) is 0 Å². The van der Waals surface area contributed by atoms with Gasteiger partial charge in [-0.3, -0.25) is 4.79 Å². The minimum Gasteiger partial charge on any atom is -0.480 e. The average molecular weight is 212 g/mol. The standard InChI is InChI=1S/C9H16N4O2/c10-3-1-2-6(7(11)9(14)15)8-12-4-5-13-8/h4-7H,1-3,10-11H2,(H,12,13)(H,14,15)/t6?,7-/m0/s1. The van der Waals surface area contributed by atoms with Gasteiger partial charge in [-0.05, 0) is 19.4 Å². The molecular formula is C9H16N4O2.